The molecule has 2 nitrogen and oxygen atoms in total. The highest BCUT2D eigenvalue weighted by Crippen LogP contribution is 2.19. The maximum absolute atomic E-state index is 5.69. The van der Waals surface area contributed by atoms with Gasteiger partial charge in [-0.15, -0.1) is 11.6 Å². The molecule has 0 aliphatic heterocycles. The van der Waals surface area contributed by atoms with E-state index in [1.54, 1.807) is 7.11 Å². The highest BCUT2D eigenvalue weighted by Gasteiger charge is 1.99. The third-order valence-corrected chi connectivity index (χ3v) is 2.03. The van der Waals surface area contributed by atoms with Crippen molar-refractivity contribution in [2.24, 2.45) is 0 Å². The van der Waals surface area contributed by atoms with Crippen LogP contribution in [0.5, 0.6) is 5.75 Å². The number of benzene rings is 1. The fourth-order valence-corrected chi connectivity index (χ4v) is 1.25. The molecule has 0 unspecified atom stereocenters. The van der Waals surface area contributed by atoms with Gasteiger partial charge in [-0.25, -0.2) is 0 Å². The van der Waals surface area contributed by atoms with Gasteiger partial charge in [-0.3, -0.25) is 0 Å². The van der Waals surface area contributed by atoms with Crippen molar-refractivity contribution in [2.75, 3.05) is 13.9 Å². The summed E-state index contributed by atoms with van der Waals surface area (Å²) in [6, 6.07) is 5.87. The van der Waals surface area contributed by atoms with Crippen LogP contribution in [-0.2, 0) is 10.6 Å². The maximum Gasteiger partial charge on any atom is 0.188 e. The molecule has 0 saturated carbocycles. The number of methoxy groups -OCH3 is 1. The molecule has 0 aliphatic rings. The van der Waals surface area contributed by atoms with Crippen molar-refractivity contribution in [3.8, 4) is 5.75 Å². The van der Waals surface area contributed by atoms with Gasteiger partial charge in [0.1, 0.15) is 5.75 Å². The number of aryl methyl sites for hydroxylation is 1. The summed E-state index contributed by atoms with van der Waals surface area (Å²) >= 11 is 5.69. The molecule has 0 bridgehead atoms. The van der Waals surface area contributed by atoms with Gasteiger partial charge in [-0.1, -0.05) is 12.1 Å². The van der Waals surface area contributed by atoms with E-state index in [0.29, 0.717) is 5.88 Å². The molecular weight excluding hydrogens is 188 g/mol. The van der Waals surface area contributed by atoms with Gasteiger partial charge >= 0.3 is 0 Å². The summed E-state index contributed by atoms with van der Waals surface area (Å²) in [5.41, 5.74) is 2.18. The normalized spacial score (nSPS) is 10.1. The molecule has 3 heteroatoms. The third-order valence-electron chi connectivity index (χ3n) is 1.73. The third kappa shape index (κ3) is 2.90. The lowest BCUT2D eigenvalue weighted by molar-refractivity contribution is 0.0506. The van der Waals surface area contributed by atoms with Gasteiger partial charge < -0.3 is 9.47 Å². The van der Waals surface area contributed by atoms with Gasteiger partial charge in [-0.05, 0) is 24.1 Å². The van der Waals surface area contributed by atoms with E-state index < -0.39 is 0 Å². The van der Waals surface area contributed by atoms with Crippen LogP contribution < -0.4 is 4.74 Å². The van der Waals surface area contributed by atoms with Gasteiger partial charge in [0.05, 0.1) is 0 Å². The van der Waals surface area contributed by atoms with Crippen LogP contribution in [0, 0.1) is 6.92 Å². The van der Waals surface area contributed by atoms with E-state index in [-0.39, 0.29) is 6.79 Å². The Labute approximate surface area is 83.4 Å². The predicted octanol–water partition coefficient (Wildman–Crippen LogP) is 2.72. The van der Waals surface area contributed by atoms with Crippen LogP contribution >= 0.6 is 11.6 Å². The van der Waals surface area contributed by atoms with Crippen LogP contribution in [-0.4, -0.2) is 13.9 Å². The van der Waals surface area contributed by atoms with Crippen LogP contribution in [0.1, 0.15) is 11.1 Å². The van der Waals surface area contributed by atoms with Gasteiger partial charge in [-0.2, -0.15) is 0 Å². The second kappa shape index (κ2) is 5.10. The van der Waals surface area contributed by atoms with Crippen molar-refractivity contribution in [1.29, 1.82) is 0 Å². The largest absolute Gasteiger partial charge is 0.467 e. The van der Waals surface area contributed by atoms with Crippen LogP contribution in [0.3, 0.4) is 0 Å². The van der Waals surface area contributed by atoms with Crippen molar-refractivity contribution >= 4 is 11.6 Å². The molecule has 0 aliphatic carbocycles. The van der Waals surface area contributed by atoms with Crippen molar-refractivity contribution in [3.05, 3.63) is 29.3 Å². The fourth-order valence-electron chi connectivity index (χ4n) is 1.08. The zero-order chi connectivity index (χ0) is 9.68. The van der Waals surface area contributed by atoms with Crippen LogP contribution in [0.25, 0.3) is 0 Å². The first-order valence-electron chi connectivity index (χ1n) is 4.05. The smallest absolute Gasteiger partial charge is 0.188 e. The second-order valence-corrected chi connectivity index (χ2v) is 3.05. The van der Waals surface area contributed by atoms with Crippen LogP contribution in [0.4, 0.5) is 0 Å². The minimum atomic E-state index is 0.279. The molecule has 1 rings (SSSR count). The number of alkyl halides is 1. The van der Waals surface area contributed by atoms with E-state index in [9.17, 15) is 0 Å². The zero-order valence-corrected chi connectivity index (χ0v) is 8.60. The lowest BCUT2D eigenvalue weighted by Crippen LogP contribution is -2.00. The minimum absolute atomic E-state index is 0.279. The fraction of sp³-hybridized carbons (Fsp3) is 0.400. The highest BCUT2D eigenvalue weighted by atomic mass is 35.5. The molecule has 0 atom stereocenters. The molecule has 72 valence electrons. The molecule has 0 fully saturated rings. The average Bonchev–Trinajstić information content (AvgIpc) is 2.16. The molecule has 0 saturated heterocycles. The molecule has 0 N–H and O–H groups in total. The SMILES string of the molecule is COCOc1ccc(CCl)cc1C. The van der Waals surface area contributed by atoms with E-state index in [2.05, 4.69) is 0 Å². The second-order valence-electron chi connectivity index (χ2n) is 2.78. The Kier molecular flexibility index (Phi) is 4.06. The number of halogens is 1. The summed E-state index contributed by atoms with van der Waals surface area (Å²) in [4.78, 5) is 0. The van der Waals surface area contributed by atoms with E-state index >= 15 is 0 Å². The zero-order valence-electron chi connectivity index (χ0n) is 7.84. The number of hydrogen-bond acceptors (Lipinski definition) is 2. The summed E-state index contributed by atoms with van der Waals surface area (Å²) in [5, 5.41) is 0. The molecule has 1 aromatic carbocycles. The maximum atomic E-state index is 5.69. The summed E-state index contributed by atoms with van der Waals surface area (Å²) in [7, 11) is 1.60. The summed E-state index contributed by atoms with van der Waals surface area (Å²) in [5.74, 6) is 1.38. The molecule has 0 amide bonds. The average molecular weight is 201 g/mol. The number of ether oxygens (including phenoxy) is 2. The van der Waals surface area contributed by atoms with Crippen molar-refractivity contribution in [2.45, 2.75) is 12.8 Å². The molecule has 0 radical (unpaired) electrons. The molecule has 0 aromatic heterocycles. The first-order chi connectivity index (χ1) is 6.27. The Hall–Kier alpha value is -0.730. The van der Waals surface area contributed by atoms with Crippen molar-refractivity contribution in [3.63, 3.8) is 0 Å². The summed E-state index contributed by atoms with van der Waals surface area (Å²) < 4.78 is 10.1. The summed E-state index contributed by atoms with van der Waals surface area (Å²) in [6.07, 6.45) is 0. The molecule has 0 heterocycles. The first-order valence-corrected chi connectivity index (χ1v) is 4.58. The van der Waals surface area contributed by atoms with Crippen LogP contribution in [0.15, 0.2) is 18.2 Å². The Balaban J connectivity index is 2.73. The summed E-state index contributed by atoms with van der Waals surface area (Å²) in [6.45, 7) is 2.27. The van der Waals surface area contributed by atoms with Crippen molar-refractivity contribution in [1.82, 2.24) is 0 Å². The monoisotopic (exact) mass is 200 g/mol. The van der Waals surface area contributed by atoms with E-state index in [1.165, 1.54) is 0 Å². The standard InChI is InChI=1S/C10H13ClO2/c1-8-5-9(6-11)3-4-10(8)13-7-12-2/h3-5H,6-7H2,1-2H3. The number of hydrogen-bond donors (Lipinski definition) is 0. The molecule has 1 aromatic rings. The molecule has 0 spiro atoms. The highest BCUT2D eigenvalue weighted by molar-refractivity contribution is 6.17. The van der Waals surface area contributed by atoms with Gasteiger partial charge in [0.15, 0.2) is 6.79 Å². The predicted molar refractivity (Wildman–Crippen MR) is 53.2 cm³/mol. The van der Waals surface area contributed by atoms with Gasteiger partial charge in [0.2, 0.25) is 0 Å². The van der Waals surface area contributed by atoms with Crippen molar-refractivity contribution < 1.29 is 9.47 Å². The van der Waals surface area contributed by atoms with Gasteiger partial charge in [0.25, 0.3) is 0 Å². The Morgan fingerprint density at radius 1 is 1.38 bits per heavy atom. The Morgan fingerprint density at radius 3 is 2.69 bits per heavy atom. The lowest BCUT2D eigenvalue weighted by atomic mass is 10.1. The first kappa shape index (κ1) is 10.4. The number of rotatable bonds is 4. The molecular formula is C10H13ClO2. The molecule has 13 heavy (non-hydrogen) atoms. The van der Waals surface area contributed by atoms with E-state index in [0.717, 1.165) is 16.9 Å². The van der Waals surface area contributed by atoms with Gasteiger partial charge in [0, 0.05) is 13.0 Å². The van der Waals surface area contributed by atoms with E-state index in [1.807, 2.05) is 25.1 Å². The van der Waals surface area contributed by atoms with E-state index in [4.69, 9.17) is 21.1 Å². The lowest BCUT2D eigenvalue weighted by Gasteiger charge is -2.08. The van der Waals surface area contributed by atoms with Crippen LogP contribution in [0.2, 0.25) is 0 Å². The topological polar surface area (TPSA) is 18.5 Å². The minimum Gasteiger partial charge on any atom is -0.467 e. The Bertz CT molecular complexity index is 274. The Morgan fingerprint density at radius 2 is 2.15 bits per heavy atom. The quantitative estimate of drug-likeness (QED) is 0.550.